The average Bonchev–Trinajstić information content (AvgIpc) is 3.32. The monoisotopic (exact) mass is 443 g/mol. The Hall–Kier alpha value is -2.52. The van der Waals surface area contributed by atoms with Crippen molar-refractivity contribution in [1.29, 1.82) is 0 Å². The molecule has 32 heavy (non-hydrogen) atoms. The Morgan fingerprint density at radius 2 is 1.91 bits per heavy atom. The van der Waals surface area contributed by atoms with Crippen LogP contribution in [0.2, 0.25) is 0 Å². The Bertz CT molecular complexity index is 802. The van der Waals surface area contributed by atoms with E-state index in [2.05, 4.69) is 73.9 Å². The number of nitrogens with one attached hydrogen (secondary N) is 2. The van der Waals surface area contributed by atoms with Crippen LogP contribution in [-0.4, -0.2) is 86.8 Å². The minimum absolute atomic E-state index is 0.311. The second kappa shape index (κ2) is 11.9. The van der Waals surface area contributed by atoms with Crippen LogP contribution in [0.4, 0.5) is 5.69 Å². The Labute approximate surface area is 190 Å². The standard InChI is InChI=1S/C23H37N7O2/c1-4-5-20(23(31)32)21(22-25-27-28-26-22)16-18-6-8-19(9-7-18)24-10-11-29-12-14-30(15-13-29)17(2)3/h6-9,17,20-21,24H,4-5,10-16H2,1-3H3,(H,31,32)(H,25,26,27,28)/t20-,21-/m0/s1. The number of aromatic nitrogens is 4. The molecule has 1 aliphatic heterocycles. The number of piperazine rings is 1. The van der Waals surface area contributed by atoms with Gasteiger partial charge < -0.3 is 10.4 Å². The van der Waals surface area contributed by atoms with E-state index in [-0.39, 0.29) is 5.92 Å². The number of carboxylic acid groups (broad SMARTS) is 1. The number of carbonyl (C=O) groups is 1. The second-order valence-corrected chi connectivity index (χ2v) is 8.91. The van der Waals surface area contributed by atoms with E-state index in [1.54, 1.807) is 0 Å². The van der Waals surface area contributed by atoms with E-state index in [1.165, 1.54) is 0 Å². The van der Waals surface area contributed by atoms with Gasteiger partial charge in [0, 0.05) is 56.9 Å². The first-order valence-electron chi connectivity index (χ1n) is 11.7. The molecular formula is C23H37N7O2. The van der Waals surface area contributed by atoms with Crippen LogP contribution in [0.15, 0.2) is 24.3 Å². The first-order chi connectivity index (χ1) is 15.5. The van der Waals surface area contributed by atoms with Gasteiger partial charge in [-0.3, -0.25) is 14.6 Å². The lowest BCUT2D eigenvalue weighted by Gasteiger charge is -2.36. The van der Waals surface area contributed by atoms with Crippen molar-refractivity contribution in [2.45, 2.75) is 52.0 Å². The zero-order valence-electron chi connectivity index (χ0n) is 19.5. The maximum absolute atomic E-state index is 11.9. The molecule has 0 amide bonds. The number of carboxylic acids is 1. The maximum Gasteiger partial charge on any atom is 0.307 e. The Balaban J connectivity index is 1.52. The van der Waals surface area contributed by atoms with Gasteiger partial charge in [-0.1, -0.05) is 30.7 Å². The topological polar surface area (TPSA) is 110 Å². The number of hydrogen-bond donors (Lipinski definition) is 3. The van der Waals surface area contributed by atoms with E-state index < -0.39 is 11.9 Å². The van der Waals surface area contributed by atoms with E-state index in [4.69, 9.17) is 0 Å². The van der Waals surface area contributed by atoms with Crippen molar-refractivity contribution in [1.82, 2.24) is 30.4 Å². The summed E-state index contributed by atoms with van der Waals surface area (Å²) >= 11 is 0. The summed E-state index contributed by atoms with van der Waals surface area (Å²) in [5.74, 6) is -1.19. The number of nitrogens with zero attached hydrogens (tertiary/aromatic N) is 5. The van der Waals surface area contributed by atoms with Crippen molar-refractivity contribution < 1.29 is 9.90 Å². The van der Waals surface area contributed by atoms with Crippen molar-refractivity contribution >= 4 is 11.7 Å². The Morgan fingerprint density at radius 1 is 1.19 bits per heavy atom. The van der Waals surface area contributed by atoms with Crippen molar-refractivity contribution in [2.24, 2.45) is 5.92 Å². The summed E-state index contributed by atoms with van der Waals surface area (Å²) in [6.07, 6.45) is 1.94. The highest BCUT2D eigenvalue weighted by molar-refractivity contribution is 5.71. The molecule has 0 spiro atoms. The molecule has 0 unspecified atom stereocenters. The third-order valence-electron chi connectivity index (χ3n) is 6.40. The molecule has 1 fully saturated rings. The van der Waals surface area contributed by atoms with Gasteiger partial charge in [-0.05, 0) is 44.4 Å². The summed E-state index contributed by atoms with van der Waals surface area (Å²) in [6, 6.07) is 8.87. The SMILES string of the molecule is CCC[C@H](C(=O)O)[C@H](Cc1ccc(NCCN2CCN(C(C)C)CC2)cc1)c1nn[nH]n1. The minimum Gasteiger partial charge on any atom is -0.481 e. The quantitative estimate of drug-likeness (QED) is 0.459. The van der Waals surface area contributed by atoms with Gasteiger partial charge in [0.15, 0.2) is 5.82 Å². The molecule has 2 aromatic rings. The lowest BCUT2D eigenvalue weighted by Crippen LogP contribution is -2.49. The number of rotatable bonds is 12. The average molecular weight is 444 g/mol. The van der Waals surface area contributed by atoms with E-state index in [0.717, 1.165) is 56.9 Å². The number of tetrazole rings is 1. The lowest BCUT2D eigenvalue weighted by atomic mass is 9.83. The minimum atomic E-state index is -0.811. The first-order valence-corrected chi connectivity index (χ1v) is 11.7. The summed E-state index contributed by atoms with van der Waals surface area (Å²) in [5, 5.41) is 27.5. The van der Waals surface area contributed by atoms with Crippen LogP contribution < -0.4 is 5.32 Å². The highest BCUT2D eigenvalue weighted by atomic mass is 16.4. The van der Waals surface area contributed by atoms with Gasteiger partial charge in [0.1, 0.15) is 0 Å². The smallest absolute Gasteiger partial charge is 0.307 e. The molecule has 0 radical (unpaired) electrons. The molecule has 3 N–H and O–H groups in total. The summed E-state index contributed by atoms with van der Waals surface area (Å²) in [7, 11) is 0. The third-order valence-corrected chi connectivity index (χ3v) is 6.40. The molecule has 0 aliphatic carbocycles. The van der Waals surface area contributed by atoms with Gasteiger partial charge >= 0.3 is 5.97 Å². The number of H-pyrrole nitrogens is 1. The van der Waals surface area contributed by atoms with Crippen LogP contribution in [0.25, 0.3) is 0 Å². The highest BCUT2D eigenvalue weighted by Gasteiger charge is 2.32. The Kier molecular flexibility index (Phi) is 8.99. The van der Waals surface area contributed by atoms with Gasteiger partial charge in [-0.15, -0.1) is 10.2 Å². The van der Waals surface area contributed by atoms with Crippen molar-refractivity contribution in [2.75, 3.05) is 44.6 Å². The molecule has 176 valence electrons. The number of benzene rings is 1. The zero-order chi connectivity index (χ0) is 22.9. The fourth-order valence-corrected chi connectivity index (χ4v) is 4.42. The first kappa shape index (κ1) is 24.1. The van der Waals surface area contributed by atoms with Gasteiger partial charge in [-0.2, -0.15) is 5.21 Å². The largest absolute Gasteiger partial charge is 0.481 e. The molecule has 0 saturated carbocycles. The summed E-state index contributed by atoms with van der Waals surface area (Å²) in [6.45, 7) is 13.0. The van der Waals surface area contributed by atoms with E-state index in [0.29, 0.717) is 24.7 Å². The normalized spacial score (nSPS) is 17.4. The van der Waals surface area contributed by atoms with Crippen molar-refractivity contribution in [3.8, 4) is 0 Å². The predicted molar refractivity (Wildman–Crippen MR) is 125 cm³/mol. The zero-order valence-corrected chi connectivity index (χ0v) is 19.5. The van der Waals surface area contributed by atoms with E-state index in [1.807, 2.05) is 6.92 Å². The number of aliphatic carboxylic acids is 1. The van der Waals surface area contributed by atoms with Gasteiger partial charge in [0.2, 0.25) is 0 Å². The molecule has 2 atom stereocenters. The summed E-state index contributed by atoms with van der Waals surface area (Å²) in [5.41, 5.74) is 2.14. The van der Waals surface area contributed by atoms with Gasteiger partial charge in [-0.25, -0.2) is 0 Å². The summed E-state index contributed by atoms with van der Waals surface area (Å²) in [4.78, 5) is 16.9. The molecule has 1 aromatic heterocycles. The van der Waals surface area contributed by atoms with Gasteiger partial charge in [0.05, 0.1) is 5.92 Å². The van der Waals surface area contributed by atoms with E-state index >= 15 is 0 Å². The van der Waals surface area contributed by atoms with Crippen LogP contribution >= 0.6 is 0 Å². The van der Waals surface area contributed by atoms with Crippen molar-refractivity contribution in [3.05, 3.63) is 35.7 Å². The molecular weight excluding hydrogens is 406 g/mol. The van der Waals surface area contributed by atoms with Crippen LogP contribution in [0.3, 0.4) is 0 Å². The molecule has 1 aliphatic rings. The fraction of sp³-hybridized carbons (Fsp3) is 0.652. The molecule has 0 bridgehead atoms. The number of anilines is 1. The highest BCUT2D eigenvalue weighted by Crippen LogP contribution is 2.30. The Morgan fingerprint density at radius 3 is 2.47 bits per heavy atom. The molecule has 9 nitrogen and oxygen atoms in total. The predicted octanol–water partition coefficient (Wildman–Crippen LogP) is 2.46. The molecule has 3 rings (SSSR count). The molecule has 9 heteroatoms. The van der Waals surface area contributed by atoms with Crippen molar-refractivity contribution in [3.63, 3.8) is 0 Å². The van der Waals surface area contributed by atoms with Crippen LogP contribution in [0.5, 0.6) is 0 Å². The molecule has 2 heterocycles. The van der Waals surface area contributed by atoms with Crippen LogP contribution in [0.1, 0.15) is 50.9 Å². The number of aromatic amines is 1. The molecule has 1 saturated heterocycles. The van der Waals surface area contributed by atoms with E-state index in [9.17, 15) is 9.90 Å². The van der Waals surface area contributed by atoms with Crippen LogP contribution in [-0.2, 0) is 11.2 Å². The maximum atomic E-state index is 11.9. The second-order valence-electron chi connectivity index (χ2n) is 8.91. The molecule has 1 aromatic carbocycles. The van der Waals surface area contributed by atoms with Gasteiger partial charge in [0.25, 0.3) is 0 Å². The number of hydrogen-bond acceptors (Lipinski definition) is 7. The third kappa shape index (κ3) is 6.74. The summed E-state index contributed by atoms with van der Waals surface area (Å²) < 4.78 is 0. The van der Waals surface area contributed by atoms with Crippen LogP contribution in [0, 0.1) is 5.92 Å². The fourth-order valence-electron chi connectivity index (χ4n) is 4.42. The lowest BCUT2D eigenvalue weighted by molar-refractivity contribution is -0.142.